The Kier molecular flexibility index (Phi) is 8.75. The number of benzene rings is 2. The van der Waals surface area contributed by atoms with Gasteiger partial charge in [-0.3, -0.25) is 9.59 Å². The lowest BCUT2D eigenvalue weighted by Crippen LogP contribution is -2.54. The van der Waals surface area contributed by atoms with E-state index in [1.807, 2.05) is 58.0 Å². The minimum absolute atomic E-state index is 0.111. The van der Waals surface area contributed by atoms with Crippen molar-refractivity contribution in [2.45, 2.75) is 58.5 Å². The first-order chi connectivity index (χ1) is 14.1. The van der Waals surface area contributed by atoms with E-state index >= 15 is 0 Å². The molecule has 2 aromatic rings. The molecule has 30 heavy (non-hydrogen) atoms. The summed E-state index contributed by atoms with van der Waals surface area (Å²) >= 11 is 12.1. The van der Waals surface area contributed by atoms with Gasteiger partial charge in [0.15, 0.2) is 0 Å². The standard InChI is InChI=1S/C24H30Cl2N2O2/c1-5-21(23(30)27-24(2,3)4)28(14-13-17-9-7-6-8-10-17)22(29)16-18-11-12-19(25)20(26)15-18/h6-12,15,21H,5,13-14,16H2,1-4H3,(H,27,30). The molecule has 1 unspecified atom stereocenters. The summed E-state index contributed by atoms with van der Waals surface area (Å²) in [5.41, 5.74) is 1.52. The second kappa shape index (κ2) is 10.8. The molecule has 0 spiro atoms. The van der Waals surface area contributed by atoms with Crippen LogP contribution >= 0.6 is 23.2 Å². The molecule has 0 aliphatic rings. The molecule has 2 rings (SSSR count). The summed E-state index contributed by atoms with van der Waals surface area (Å²) in [7, 11) is 0. The van der Waals surface area contributed by atoms with Gasteiger partial charge in [-0.25, -0.2) is 0 Å². The lowest BCUT2D eigenvalue weighted by atomic mass is 10.0. The van der Waals surface area contributed by atoms with Crippen LogP contribution in [0.3, 0.4) is 0 Å². The van der Waals surface area contributed by atoms with E-state index in [2.05, 4.69) is 5.32 Å². The van der Waals surface area contributed by atoms with Gasteiger partial charge in [0.1, 0.15) is 6.04 Å². The highest BCUT2D eigenvalue weighted by atomic mass is 35.5. The Hall–Kier alpha value is -2.04. The summed E-state index contributed by atoms with van der Waals surface area (Å²) in [6, 6.07) is 14.6. The zero-order chi connectivity index (χ0) is 22.3. The van der Waals surface area contributed by atoms with Crippen molar-refractivity contribution in [1.29, 1.82) is 0 Å². The number of hydrogen-bond donors (Lipinski definition) is 1. The van der Waals surface area contributed by atoms with E-state index in [1.165, 1.54) is 0 Å². The Morgan fingerprint density at radius 2 is 1.67 bits per heavy atom. The van der Waals surface area contributed by atoms with E-state index < -0.39 is 6.04 Å². The molecule has 0 fully saturated rings. The Balaban J connectivity index is 2.24. The predicted molar refractivity (Wildman–Crippen MR) is 124 cm³/mol. The Morgan fingerprint density at radius 3 is 2.23 bits per heavy atom. The molecule has 0 aromatic heterocycles. The third-order valence-corrected chi connectivity index (χ3v) is 5.45. The molecule has 4 nitrogen and oxygen atoms in total. The molecule has 0 aliphatic heterocycles. The molecule has 2 aromatic carbocycles. The number of nitrogens with zero attached hydrogens (tertiary/aromatic N) is 1. The topological polar surface area (TPSA) is 49.4 Å². The largest absolute Gasteiger partial charge is 0.350 e. The van der Waals surface area contributed by atoms with Gasteiger partial charge in [0.05, 0.1) is 16.5 Å². The van der Waals surface area contributed by atoms with Crippen LogP contribution < -0.4 is 5.32 Å². The van der Waals surface area contributed by atoms with Crippen LogP contribution in [-0.2, 0) is 22.4 Å². The molecule has 0 radical (unpaired) electrons. The zero-order valence-electron chi connectivity index (χ0n) is 18.0. The summed E-state index contributed by atoms with van der Waals surface area (Å²) in [5.74, 6) is -0.249. The molecule has 6 heteroatoms. The third-order valence-electron chi connectivity index (χ3n) is 4.71. The summed E-state index contributed by atoms with van der Waals surface area (Å²) < 4.78 is 0. The molecule has 0 saturated carbocycles. The molecule has 0 aliphatic carbocycles. The maximum absolute atomic E-state index is 13.3. The van der Waals surface area contributed by atoms with Crippen molar-refractivity contribution in [2.24, 2.45) is 0 Å². The highest BCUT2D eigenvalue weighted by molar-refractivity contribution is 6.42. The maximum atomic E-state index is 13.3. The van der Waals surface area contributed by atoms with E-state index in [0.29, 0.717) is 29.4 Å². The normalized spacial score (nSPS) is 12.3. The lowest BCUT2D eigenvalue weighted by molar-refractivity contribution is -0.140. The molecule has 1 atom stereocenters. The fraction of sp³-hybridized carbons (Fsp3) is 0.417. The van der Waals surface area contributed by atoms with Crippen LogP contribution in [0.25, 0.3) is 0 Å². The van der Waals surface area contributed by atoms with Gasteiger partial charge in [0, 0.05) is 12.1 Å². The van der Waals surface area contributed by atoms with Crippen molar-refractivity contribution < 1.29 is 9.59 Å². The summed E-state index contributed by atoms with van der Waals surface area (Å²) in [6.07, 6.45) is 1.36. The van der Waals surface area contributed by atoms with Crippen LogP contribution in [0.1, 0.15) is 45.2 Å². The van der Waals surface area contributed by atoms with E-state index in [-0.39, 0.29) is 23.8 Å². The number of carbonyl (C=O) groups excluding carboxylic acids is 2. The van der Waals surface area contributed by atoms with E-state index in [9.17, 15) is 9.59 Å². The van der Waals surface area contributed by atoms with Crippen LogP contribution in [0.4, 0.5) is 0 Å². The second-order valence-corrected chi connectivity index (χ2v) is 9.23. The van der Waals surface area contributed by atoms with Crippen LogP contribution in [0.15, 0.2) is 48.5 Å². The van der Waals surface area contributed by atoms with Crippen molar-refractivity contribution in [2.75, 3.05) is 6.54 Å². The van der Waals surface area contributed by atoms with E-state index in [4.69, 9.17) is 23.2 Å². The number of nitrogens with one attached hydrogen (secondary N) is 1. The molecule has 0 saturated heterocycles. The van der Waals surface area contributed by atoms with Gasteiger partial charge in [-0.05, 0) is 56.9 Å². The van der Waals surface area contributed by atoms with Gasteiger partial charge in [-0.15, -0.1) is 0 Å². The molecule has 0 heterocycles. The quantitative estimate of drug-likeness (QED) is 0.595. The zero-order valence-corrected chi connectivity index (χ0v) is 19.6. The van der Waals surface area contributed by atoms with Crippen molar-refractivity contribution >= 4 is 35.0 Å². The molecule has 2 amide bonds. The second-order valence-electron chi connectivity index (χ2n) is 8.41. The summed E-state index contributed by atoms with van der Waals surface area (Å²) in [6.45, 7) is 8.19. The van der Waals surface area contributed by atoms with Gasteiger partial charge in [-0.2, -0.15) is 0 Å². The number of hydrogen-bond acceptors (Lipinski definition) is 2. The van der Waals surface area contributed by atoms with Crippen molar-refractivity contribution in [3.63, 3.8) is 0 Å². The fourth-order valence-electron chi connectivity index (χ4n) is 3.27. The predicted octanol–water partition coefficient (Wildman–Crippen LogP) is 5.30. The summed E-state index contributed by atoms with van der Waals surface area (Å²) in [4.78, 5) is 27.9. The van der Waals surface area contributed by atoms with Crippen molar-refractivity contribution in [3.05, 3.63) is 69.7 Å². The number of carbonyl (C=O) groups is 2. The number of amides is 2. The van der Waals surface area contributed by atoms with Gasteiger partial charge >= 0.3 is 0 Å². The Bertz CT molecular complexity index is 863. The number of halogens is 2. The van der Waals surface area contributed by atoms with Crippen LogP contribution in [-0.4, -0.2) is 34.8 Å². The van der Waals surface area contributed by atoms with Crippen molar-refractivity contribution in [1.82, 2.24) is 10.2 Å². The smallest absolute Gasteiger partial charge is 0.243 e. The first-order valence-electron chi connectivity index (χ1n) is 10.2. The average molecular weight is 449 g/mol. The minimum atomic E-state index is -0.539. The highest BCUT2D eigenvalue weighted by Gasteiger charge is 2.30. The molecular formula is C24H30Cl2N2O2. The maximum Gasteiger partial charge on any atom is 0.243 e. The molecular weight excluding hydrogens is 419 g/mol. The molecule has 162 valence electrons. The number of rotatable bonds is 8. The van der Waals surface area contributed by atoms with Crippen LogP contribution in [0.5, 0.6) is 0 Å². The Labute approximate surface area is 189 Å². The van der Waals surface area contributed by atoms with Gasteiger partial charge in [-0.1, -0.05) is 66.5 Å². The van der Waals surface area contributed by atoms with Crippen molar-refractivity contribution in [3.8, 4) is 0 Å². The molecule has 1 N–H and O–H groups in total. The first kappa shape index (κ1) is 24.2. The lowest BCUT2D eigenvalue weighted by Gasteiger charge is -2.33. The van der Waals surface area contributed by atoms with Gasteiger partial charge in [0.2, 0.25) is 11.8 Å². The molecule has 0 bridgehead atoms. The monoisotopic (exact) mass is 448 g/mol. The minimum Gasteiger partial charge on any atom is -0.350 e. The van der Waals surface area contributed by atoms with E-state index in [1.54, 1.807) is 23.1 Å². The van der Waals surface area contributed by atoms with Gasteiger partial charge in [0.25, 0.3) is 0 Å². The fourth-order valence-corrected chi connectivity index (χ4v) is 3.60. The Morgan fingerprint density at radius 1 is 1.00 bits per heavy atom. The third kappa shape index (κ3) is 7.33. The highest BCUT2D eigenvalue weighted by Crippen LogP contribution is 2.23. The average Bonchev–Trinajstić information content (AvgIpc) is 2.67. The van der Waals surface area contributed by atoms with Crippen LogP contribution in [0.2, 0.25) is 10.0 Å². The summed E-state index contributed by atoms with van der Waals surface area (Å²) in [5, 5.41) is 3.87. The van der Waals surface area contributed by atoms with Gasteiger partial charge < -0.3 is 10.2 Å². The van der Waals surface area contributed by atoms with E-state index in [0.717, 1.165) is 11.1 Å². The first-order valence-corrected chi connectivity index (χ1v) is 11.0. The van der Waals surface area contributed by atoms with Crippen LogP contribution in [0, 0.1) is 0 Å². The SMILES string of the molecule is CCC(C(=O)NC(C)(C)C)N(CCc1ccccc1)C(=O)Cc1ccc(Cl)c(Cl)c1.